The highest BCUT2D eigenvalue weighted by Crippen LogP contribution is 2.32. The van der Waals surface area contributed by atoms with E-state index in [-0.39, 0.29) is 27.3 Å². The maximum Gasteiger partial charge on any atom is 0.185 e. The Balaban J connectivity index is 1.86. The van der Waals surface area contributed by atoms with E-state index in [9.17, 15) is 15.0 Å². The number of phenols is 2. The predicted molar refractivity (Wildman–Crippen MR) is 96.4 cm³/mol. The summed E-state index contributed by atoms with van der Waals surface area (Å²) in [5, 5.41) is 19.4. The first kappa shape index (κ1) is 16.6. The van der Waals surface area contributed by atoms with Crippen LogP contribution in [0, 0.1) is 0 Å². The van der Waals surface area contributed by atoms with Gasteiger partial charge >= 0.3 is 0 Å². The van der Waals surface area contributed by atoms with E-state index < -0.39 is 0 Å². The zero-order valence-corrected chi connectivity index (χ0v) is 14.1. The van der Waals surface area contributed by atoms with Gasteiger partial charge in [0.1, 0.15) is 11.5 Å². The molecule has 1 fully saturated rings. The summed E-state index contributed by atoms with van der Waals surface area (Å²) in [5.41, 5.74) is 2.95. The van der Waals surface area contributed by atoms with Gasteiger partial charge in [-0.15, -0.1) is 0 Å². The van der Waals surface area contributed by atoms with Gasteiger partial charge < -0.3 is 10.2 Å². The summed E-state index contributed by atoms with van der Waals surface area (Å²) in [7, 11) is 0. The number of Topliss-reactive ketones (excluding diaryl/α,β-unsaturated/α-hetero) is 1. The van der Waals surface area contributed by atoms with Crippen LogP contribution in [0.4, 0.5) is 0 Å². The predicted octanol–water partition coefficient (Wildman–Crippen LogP) is 5.23. The van der Waals surface area contributed by atoms with Crippen LogP contribution in [0.25, 0.3) is 12.2 Å². The molecule has 0 radical (unpaired) electrons. The maximum atomic E-state index is 12.5. The van der Waals surface area contributed by atoms with Crippen LogP contribution >= 0.6 is 23.2 Å². The number of benzene rings is 2. The average Bonchev–Trinajstić information content (AvgIpc) is 2.88. The topological polar surface area (TPSA) is 57.5 Å². The minimum absolute atomic E-state index is 0.0107. The van der Waals surface area contributed by atoms with Crippen LogP contribution in [0.15, 0.2) is 47.5 Å². The van der Waals surface area contributed by atoms with Gasteiger partial charge in [-0.3, -0.25) is 4.79 Å². The monoisotopic (exact) mass is 360 g/mol. The molecule has 0 atom stereocenters. The summed E-state index contributed by atoms with van der Waals surface area (Å²) >= 11 is 11.8. The van der Waals surface area contributed by atoms with Gasteiger partial charge in [0.05, 0.1) is 10.0 Å². The minimum atomic E-state index is -0.0107. The Kier molecular flexibility index (Phi) is 4.65. The fourth-order valence-corrected chi connectivity index (χ4v) is 2.98. The van der Waals surface area contributed by atoms with Gasteiger partial charge in [-0.1, -0.05) is 35.3 Å². The summed E-state index contributed by atoms with van der Waals surface area (Å²) in [6.07, 6.45) is 4.88. The van der Waals surface area contributed by atoms with Gasteiger partial charge in [0, 0.05) is 11.1 Å². The molecule has 0 aliphatic heterocycles. The van der Waals surface area contributed by atoms with Crippen molar-refractivity contribution in [3.8, 4) is 11.5 Å². The highest BCUT2D eigenvalue weighted by molar-refractivity contribution is 6.32. The smallest absolute Gasteiger partial charge is 0.185 e. The van der Waals surface area contributed by atoms with E-state index in [4.69, 9.17) is 23.2 Å². The van der Waals surface area contributed by atoms with Crippen LogP contribution in [0.3, 0.4) is 0 Å². The molecule has 1 aliphatic carbocycles. The Hall–Kier alpha value is -2.23. The van der Waals surface area contributed by atoms with E-state index in [1.807, 2.05) is 0 Å². The van der Waals surface area contributed by atoms with Crippen LogP contribution in [0.2, 0.25) is 10.0 Å². The number of rotatable bonds is 2. The van der Waals surface area contributed by atoms with Gasteiger partial charge in [0.15, 0.2) is 5.78 Å². The lowest BCUT2D eigenvalue weighted by atomic mass is 10.1. The third-order valence-corrected chi connectivity index (χ3v) is 4.48. The van der Waals surface area contributed by atoms with E-state index >= 15 is 0 Å². The van der Waals surface area contributed by atoms with Crippen LogP contribution in [0.5, 0.6) is 11.5 Å². The molecule has 0 heterocycles. The number of hydrogen-bond donors (Lipinski definition) is 2. The zero-order chi connectivity index (χ0) is 17.3. The number of ketones is 1. The first-order valence-electron chi connectivity index (χ1n) is 7.37. The number of aromatic hydroxyl groups is 2. The van der Waals surface area contributed by atoms with Crippen LogP contribution < -0.4 is 0 Å². The molecule has 0 aromatic heterocycles. The van der Waals surface area contributed by atoms with Crippen LogP contribution in [-0.2, 0) is 4.79 Å². The Morgan fingerprint density at radius 2 is 1.21 bits per heavy atom. The molecule has 1 aliphatic rings. The van der Waals surface area contributed by atoms with Crippen LogP contribution in [0.1, 0.15) is 24.0 Å². The molecule has 0 bridgehead atoms. The number of allylic oxidation sites excluding steroid dienone is 2. The Morgan fingerprint density at radius 3 is 1.58 bits per heavy atom. The number of carbonyl (C=O) groups excluding carboxylic acids is 1. The number of phenolic OH excluding ortho intramolecular Hbond substituents is 2. The number of halogens is 2. The van der Waals surface area contributed by atoms with Crippen molar-refractivity contribution >= 4 is 41.1 Å². The molecule has 1 saturated carbocycles. The molecular weight excluding hydrogens is 347 g/mol. The summed E-state index contributed by atoms with van der Waals surface area (Å²) < 4.78 is 0. The van der Waals surface area contributed by atoms with E-state index in [0.29, 0.717) is 24.0 Å². The highest BCUT2D eigenvalue weighted by Gasteiger charge is 2.23. The van der Waals surface area contributed by atoms with Crippen molar-refractivity contribution in [2.24, 2.45) is 0 Å². The van der Waals surface area contributed by atoms with Gasteiger partial charge in [-0.05, 0) is 60.4 Å². The summed E-state index contributed by atoms with van der Waals surface area (Å²) in [6, 6.07) is 9.68. The third kappa shape index (κ3) is 3.48. The summed E-state index contributed by atoms with van der Waals surface area (Å²) in [4.78, 5) is 12.5. The average molecular weight is 361 g/mol. The molecule has 0 unspecified atom stereocenters. The second-order valence-corrected chi connectivity index (χ2v) is 6.40. The van der Waals surface area contributed by atoms with Crippen molar-refractivity contribution in [3.63, 3.8) is 0 Å². The lowest BCUT2D eigenvalue weighted by Crippen LogP contribution is -1.95. The van der Waals surface area contributed by atoms with E-state index in [0.717, 1.165) is 11.1 Å². The van der Waals surface area contributed by atoms with E-state index in [2.05, 4.69) is 0 Å². The zero-order valence-electron chi connectivity index (χ0n) is 12.6. The molecule has 0 amide bonds. The van der Waals surface area contributed by atoms with Crippen molar-refractivity contribution in [2.75, 3.05) is 0 Å². The molecule has 0 saturated heterocycles. The molecule has 2 N–H and O–H groups in total. The Bertz CT molecular complexity index is 811. The molecule has 5 heteroatoms. The standard InChI is InChI=1S/C19H14Cl2O3/c20-15-9-11(1-5-17(15)22)7-13-3-4-14(19(13)24)8-12-2-6-18(23)16(21)10-12/h1-2,5-10,22-23H,3-4H2/b13-7-,14-8-. The molecule has 2 aromatic rings. The molecule has 2 aromatic carbocycles. The van der Waals surface area contributed by atoms with Crippen LogP contribution in [-0.4, -0.2) is 16.0 Å². The summed E-state index contributed by atoms with van der Waals surface area (Å²) in [6.45, 7) is 0. The molecule has 122 valence electrons. The molecule has 0 spiro atoms. The largest absolute Gasteiger partial charge is 0.506 e. The van der Waals surface area contributed by atoms with Crippen molar-refractivity contribution < 1.29 is 15.0 Å². The minimum Gasteiger partial charge on any atom is -0.506 e. The Morgan fingerprint density at radius 1 is 0.792 bits per heavy atom. The second-order valence-electron chi connectivity index (χ2n) is 5.59. The van der Waals surface area contributed by atoms with E-state index in [1.165, 1.54) is 12.1 Å². The van der Waals surface area contributed by atoms with Gasteiger partial charge in [-0.25, -0.2) is 0 Å². The van der Waals surface area contributed by atoms with Crippen molar-refractivity contribution in [2.45, 2.75) is 12.8 Å². The highest BCUT2D eigenvalue weighted by atomic mass is 35.5. The lowest BCUT2D eigenvalue weighted by molar-refractivity contribution is -0.111. The van der Waals surface area contributed by atoms with E-state index in [1.54, 1.807) is 36.4 Å². The fraction of sp³-hybridized carbons (Fsp3) is 0.105. The molecule has 24 heavy (non-hydrogen) atoms. The summed E-state index contributed by atoms with van der Waals surface area (Å²) in [5.74, 6) is 0.0195. The van der Waals surface area contributed by atoms with Crippen molar-refractivity contribution in [1.29, 1.82) is 0 Å². The Labute approximate surface area is 149 Å². The van der Waals surface area contributed by atoms with Gasteiger partial charge in [-0.2, -0.15) is 0 Å². The SMILES string of the molecule is O=C1/C(=C\c2ccc(O)c(Cl)c2)CC/C1=C/c1ccc(O)c(Cl)c1. The fourth-order valence-electron chi connectivity index (χ4n) is 2.61. The van der Waals surface area contributed by atoms with Crippen molar-refractivity contribution in [1.82, 2.24) is 0 Å². The lowest BCUT2D eigenvalue weighted by Gasteiger charge is -2.01. The number of hydrogen-bond acceptors (Lipinski definition) is 3. The van der Waals surface area contributed by atoms with Gasteiger partial charge in [0.25, 0.3) is 0 Å². The molecule has 3 nitrogen and oxygen atoms in total. The first-order chi connectivity index (χ1) is 11.4. The number of carbonyl (C=O) groups is 1. The first-order valence-corrected chi connectivity index (χ1v) is 8.12. The second kappa shape index (κ2) is 6.71. The third-order valence-electron chi connectivity index (χ3n) is 3.87. The molecular formula is C19H14Cl2O3. The normalized spacial score (nSPS) is 17.8. The van der Waals surface area contributed by atoms with Crippen molar-refractivity contribution in [3.05, 3.63) is 68.7 Å². The quantitative estimate of drug-likeness (QED) is 0.720. The van der Waals surface area contributed by atoms with Gasteiger partial charge in [0.2, 0.25) is 0 Å². The molecule has 3 rings (SSSR count). The maximum absolute atomic E-state index is 12.5.